The van der Waals surface area contributed by atoms with Crippen LogP contribution in [0.5, 0.6) is 0 Å². The molecule has 0 amide bonds. The Balaban J connectivity index is 1.96. The van der Waals surface area contributed by atoms with Crippen LogP contribution < -0.4 is 0 Å². The zero-order valence-corrected chi connectivity index (χ0v) is 18.1. The number of aromatic nitrogens is 1. The molecule has 0 atom stereocenters. The van der Waals surface area contributed by atoms with Crippen molar-refractivity contribution in [3.05, 3.63) is 75.0 Å². The van der Waals surface area contributed by atoms with Crippen LogP contribution in [0.1, 0.15) is 32.0 Å². The maximum absolute atomic E-state index is 12.5. The number of hydrogen-bond acceptors (Lipinski definition) is 9. The molecule has 32 heavy (non-hydrogen) atoms. The lowest BCUT2D eigenvalue weighted by Gasteiger charge is -2.13. The normalized spacial score (nSPS) is 11.2. The summed E-state index contributed by atoms with van der Waals surface area (Å²) in [5.41, 5.74) is 0.526. The van der Waals surface area contributed by atoms with Gasteiger partial charge >= 0.3 is 11.9 Å². The number of hydrogen-bond donors (Lipinski definition) is 0. The van der Waals surface area contributed by atoms with E-state index < -0.39 is 43.9 Å². The van der Waals surface area contributed by atoms with Crippen molar-refractivity contribution in [3.63, 3.8) is 0 Å². The van der Waals surface area contributed by atoms with Gasteiger partial charge in [0.25, 0.3) is 5.69 Å². The standard InChI is InChI=1S/C21H18N2O8S/c1-12-14-6-4-5-7-15(14)22-16(19(12)21(25)30-2)11-31-20(24)13-8-9-18(32(3,28)29)17(10-13)23(26)27/h4-10H,11H2,1-3H3. The molecule has 0 aliphatic rings. The van der Waals surface area contributed by atoms with Gasteiger partial charge in [0.15, 0.2) is 9.84 Å². The highest BCUT2D eigenvalue weighted by molar-refractivity contribution is 7.90. The summed E-state index contributed by atoms with van der Waals surface area (Å²) in [6.07, 6.45) is 0.829. The first-order chi connectivity index (χ1) is 15.0. The summed E-state index contributed by atoms with van der Waals surface area (Å²) in [5, 5.41) is 12.0. The molecule has 1 heterocycles. The van der Waals surface area contributed by atoms with E-state index >= 15 is 0 Å². The fourth-order valence-corrected chi connectivity index (χ4v) is 4.06. The Kier molecular flexibility index (Phi) is 6.21. The molecule has 10 nitrogen and oxygen atoms in total. The van der Waals surface area contributed by atoms with Gasteiger partial charge < -0.3 is 9.47 Å². The SMILES string of the molecule is COC(=O)c1c(COC(=O)c2ccc(S(C)(=O)=O)c([N+](=O)[O-])c2)nc2ccccc2c1C. The maximum atomic E-state index is 12.5. The molecule has 0 N–H and O–H groups in total. The molecule has 11 heteroatoms. The van der Waals surface area contributed by atoms with Gasteiger partial charge in [0, 0.05) is 17.7 Å². The smallest absolute Gasteiger partial charge is 0.340 e. The first kappa shape index (κ1) is 22.8. The number of rotatable bonds is 6. The summed E-state index contributed by atoms with van der Waals surface area (Å²) in [5.74, 6) is -1.60. The Hall–Kier alpha value is -3.86. The fourth-order valence-electron chi connectivity index (χ4n) is 3.24. The fraction of sp³-hybridized carbons (Fsp3) is 0.190. The number of para-hydroxylation sites is 1. The molecule has 0 unspecified atom stereocenters. The molecule has 0 radical (unpaired) electrons. The Morgan fingerprint density at radius 1 is 1.12 bits per heavy atom. The quantitative estimate of drug-likeness (QED) is 0.309. The molecule has 1 aromatic heterocycles. The van der Waals surface area contributed by atoms with Gasteiger partial charge in [0.2, 0.25) is 0 Å². The van der Waals surface area contributed by atoms with Crippen LogP contribution in [0.2, 0.25) is 0 Å². The maximum Gasteiger partial charge on any atom is 0.340 e. The van der Waals surface area contributed by atoms with Crippen LogP contribution in [0.3, 0.4) is 0 Å². The second-order valence-electron chi connectivity index (χ2n) is 6.86. The van der Waals surface area contributed by atoms with E-state index in [1.54, 1.807) is 31.2 Å². The van der Waals surface area contributed by atoms with Crippen molar-refractivity contribution in [2.24, 2.45) is 0 Å². The first-order valence-corrected chi connectivity index (χ1v) is 11.1. The number of aryl methyl sites for hydroxylation is 1. The molecular formula is C21H18N2O8S. The highest BCUT2D eigenvalue weighted by Crippen LogP contribution is 2.27. The van der Waals surface area contributed by atoms with Crippen LogP contribution in [0.4, 0.5) is 5.69 Å². The van der Waals surface area contributed by atoms with Crippen molar-refractivity contribution >= 4 is 38.4 Å². The van der Waals surface area contributed by atoms with Gasteiger partial charge in [-0.3, -0.25) is 10.1 Å². The Morgan fingerprint density at radius 2 is 1.81 bits per heavy atom. The van der Waals surface area contributed by atoms with Crippen molar-refractivity contribution in [1.82, 2.24) is 4.98 Å². The molecule has 0 fully saturated rings. The lowest BCUT2D eigenvalue weighted by Crippen LogP contribution is -2.14. The summed E-state index contributed by atoms with van der Waals surface area (Å²) in [6, 6.07) is 10.0. The van der Waals surface area contributed by atoms with Crippen LogP contribution in [0.15, 0.2) is 47.4 Å². The van der Waals surface area contributed by atoms with Gasteiger partial charge in [-0.05, 0) is 30.7 Å². The second-order valence-corrected chi connectivity index (χ2v) is 8.84. The molecule has 0 aliphatic carbocycles. The number of nitrogens with zero attached hydrogens (tertiary/aromatic N) is 2. The van der Waals surface area contributed by atoms with Crippen LogP contribution in [-0.4, -0.2) is 43.6 Å². The van der Waals surface area contributed by atoms with E-state index in [0.29, 0.717) is 11.1 Å². The minimum Gasteiger partial charge on any atom is -0.465 e. The molecule has 0 saturated carbocycles. The van der Waals surface area contributed by atoms with Gasteiger partial charge in [-0.15, -0.1) is 0 Å². The molecular weight excluding hydrogens is 440 g/mol. The number of sulfone groups is 1. The van der Waals surface area contributed by atoms with Crippen molar-refractivity contribution in [2.75, 3.05) is 13.4 Å². The average Bonchev–Trinajstić information content (AvgIpc) is 2.76. The number of fused-ring (bicyclic) bond motifs is 1. The highest BCUT2D eigenvalue weighted by Gasteiger charge is 2.25. The summed E-state index contributed by atoms with van der Waals surface area (Å²) in [6.45, 7) is 1.31. The first-order valence-electron chi connectivity index (χ1n) is 9.16. The minimum atomic E-state index is -3.88. The zero-order valence-electron chi connectivity index (χ0n) is 17.3. The number of methoxy groups -OCH3 is 1. The van der Waals surface area contributed by atoms with Crippen LogP contribution >= 0.6 is 0 Å². The summed E-state index contributed by atoms with van der Waals surface area (Å²) in [7, 11) is -2.66. The number of ether oxygens (including phenoxy) is 2. The molecule has 3 rings (SSSR count). The third-order valence-corrected chi connectivity index (χ3v) is 5.89. The Bertz CT molecular complexity index is 1370. The van der Waals surface area contributed by atoms with Gasteiger partial charge in [-0.25, -0.2) is 23.0 Å². The van der Waals surface area contributed by atoms with E-state index in [1.165, 1.54) is 7.11 Å². The Labute approximate surface area is 182 Å². The van der Waals surface area contributed by atoms with E-state index in [0.717, 1.165) is 29.8 Å². The molecule has 0 spiro atoms. The van der Waals surface area contributed by atoms with Crippen LogP contribution in [0.25, 0.3) is 10.9 Å². The number of nitro groups is 1. The molecule has 0 bridgehead atoms. The second kappa shape index (κ2) is 8.71. The number of carbonyl (C=O) groups is 2. The lowest BCUT2D eigenvalue weighted by atomic mass is 10.0. The van der Waals surface area contributed by atoms with E-state index in [-0.39, 0.29) is 16.8 Å². The molecule has 2 aromatic carbocycles. The minimum absolute atomic E-state index is 0.150. The highest BCUT2D eigenvalue weighted by atomic mass is 32.2. The van der Waals surface area contributed by atoms with Gasteiger partial charge in [-0.1, -0.05) is 18.2 Å². The number of pyridine rings is 1. The third-order valence-electron chi connectivity index (χ3n) is 4.75. The van der Waals surface area contributed by atoms with E-state index in [2.05, 4.69) is 4.98 Å². The predicted octanol–water partition coefficient (Wildman–Crippen LogP) is 3.00. The van der Waals surface area contributed by atoms with Crippen molar-refractivity contribution < 1.29 is 32.4 Å². The van der Waals surface area contributed by atoms with Crippen molar-refractivity contribution in [1.29, 1.82) is 0 Å². The summed E-state index contributed by atoms with van der Waals surface area (Å²) < 4.78 is 33.6. The predicted molar refractivity (Wildman–Crippen MR) is 113 cm³/mol. The molecule has 0 saturated heterocycles. The largest absolute Gasteiger partial charge is 0.465 e. The molecule has 166 valence electrons. The van der Waals surface area contributed by atoms with E-state index in [4.69, 9.17) is 9.47 Å². The number of esters is 2. The lowest BCUT2D eigenvalue weighted by molar-refractivity contribution is -0.387. The van der Waals surface area contributed by atoms with Gasteiger partial charge in [0.05, 0.1) is 34.4 Å². The van der Waals surface area contributed by atoms with Gasteiger partial charge in [0.1, 0.15) is 11.5 Å². The van der Waals surface area contributed by atoms with Crippen molar-refractivity contribution in [3.8, 4) is 0 Å². The monoisotopic (exact) mass is 458 g/mol. The zero-order chi connectivity index (χ0) is 23.6. The number of carbonyl (C=O) groups excluding carboxylic acids is 2. The van der Waals surface area contributed by atoms with Crippen LogP contribution in [0, 0.1) is 17.0 Å². The number of benzene rings is 2. The van der Waals surface area contributed by atoms with Crippen LogP contribution in [-0.2, 0) is 25.9 Å². The average molecular weight is 458 g/mol. The molecule has 3 aromatic rings. The topological polar surface area (TPSA) is 143 Å². The van der Waals surface area contributed by atoms with E-state index in [9.17, 15) is 28.1 Å². The Morgan fingerprint density at radius 3 is 2.44 bits per heavy atom. The van der Waals surface area contributed by atoms with Gasteiger partial charge in [-0.2, -0.15) is 0 Å². The molecule has 0 aliphatic heterocycles. The van der Waals surface area contributed by atoms with E-state index in [1.807, 2.05) is 0 Å². The summed E-state index contributed by atoms with van der Waals surface area (Å²) in [4.78, 5) is 39.1. The summed E-state index contributed by atoms with van der Waals surface area (Å²) >= 11 is 0. The third kappa shape index (κ3) is 4.42. The number of nitro benzene ring substituents is 1. The van der Waals surface area contributed by atoms with Crippen molar-refractivity contribution in [2.45, 2.75) is 18.4 Å².